The van der Waals surface area contributed by atoms with Crippen molar-refractivity contribution in [1.29, 1.82) is 0 Å². The van der Waals surface area contributed by atoms with Gasteiger partial charge in [-0.15, -0.1) is 11.8 Å². The fourth-order valence-electron chi connectivity index (χ4n) is 1.74. The molecule has 4 heteroatoms. The predicted octanol–water partition coefficient (Wildman–Crippen LogP) is 5.14. The Morgan fingerprint density at radius 3 is 1.95 bits per heavy atom. The van der Waals surface area contributed by atoms with E-state index < -0.39 is 0 Å². The third-order valence-electron chi connectivity index (χ3n) is 2.56. The van der Waals surface area contributed by atoms with Gasteiger partial charge in [-0.1, -0.05) is 68.2 Å². The molecule has 0 aliphatic carbocycles. The summed E-state index contributed by atoms with van der Waals surface area (Å²) in [7, 11) is 0. The Labute approximate surface area is 137 Å². The van der Waals surface area contributed by atoms with Gasteiger partial charge >= 0.3 is 0 Å². The molecule has 0 aromatic rings. The van der Waals surface area contributed by atoms with Crippen LogP contribution in [-0.4, -0.2) is 34.3 Å². The van der Waals surface area contributed by atoms with Crippen LogP contribution in [0.3, 0.4) is 0 Å². The summed E-state index contributed by atoms with van der Waals surface area (Å²) in [5, 5.41) is -0.107. The maximum Gasteiger partial charge on any atom is 0.242 e. The molecular formula is C17H37NO2S. The number of amides is 2. The van der Waals surface area contributed by atoms with Gasteiger partial charge in [-0.05, 0) is 12.2 Å². The van der Waals surface area contributed by atoms with E-state index in [-0.39, 0.29) is 17.1 Å². The normalized spacial score (nSPS) is 16.2. The molecule has 1 heterocycles. The first-order chi connectivity index (χ1) is 10.2. The first-order valence-corrected chi connectivity index (χ1v) is 9.71. The van der Waals surface area contributed by atoms with Crippen molar-refractivity contribution in [2.75, 3.05) is 12.3 Å². The predicted molar refractivity (Wildman–Crippen MR) is 96.8 cm³/mol. The lowest BCUT2D eigenvalue weighted by Gasteiger charge is -2.14. The second-order valence-corrected chi connectivity index (χ2v) is 5.22. The van der Waals surface area contributed by atoms with Crippen molar-refractivity contribution < 1.29 is 9.59 Å². The average molecular weight is 320 g/mol. The lowest BCUT2D eigenvalue weighted by molar-refractivity contribution is -0.138. The molecule has 1 aliphatic heterocycles. The molecule has 0 spiro atoms. The molecule has 1 fully saturated rings. The van der Waals surface area contributed by atoms with Crippen LogP contribution < -0.4 is 0 Å². The summed E-state index contributed by atoms with van der Waals surface area (Å²) in [5.41, 5.74) is 0. The van der Waals surface area contributed by atoms with E-state index in [1.807, 2.05) is 48.5 Å². The van der Waals surface area contributed by atoms with E-state index >= 15 is 0 Å². The zero-order valence-electron chi connectivity index (χ0n) is 15.5. The molecule has 0 N–H and O–H groups in total. The summed E-state index contributed by atoms with van der Waals surface area (Å²) in [4.78, 5) is 24.8. The topological polar surface area (TPSA) is 37.4 Å². The van der Waals surface area contributed by atoms with Crippen LogP contribution in [0.4, 0.5) is 0 Å². The molecule has 3 nitrogen and oxygen atoms in total. The highest BCUT2D eigenvalue weighted by atomic mass is 32.2. The number of carbonyl (C=O) groups excluding carboxylic acids is 2. The summed E-state index contributed by atoms with van der Waals surface area (Å²) in [5.74, 6) is 0.942. The number of hydrogen-bond donors (Lipinski definition) is 0. The molecule has 1 rings (SSSR count). The molecule has 1 aliphatic rings. The number of thioether (sulfide) groups is 1. The molecule has 1 unspecified atom stereocenters. The van der Waals surface area contributed by atoms with E-state index in [1.54, 1.807) is 11.8 Å². The Kier molecular flexibility index (Phi) is 23.6. The van der Waals surface area contributed by atoms with Crippen molar-refractivity contribution in [2.24, 2.45) is 0 Å². The number of hydrogen-bond acceptors (Lipinski definition) is 3. The molecule has 0 bridgehead atoms. The minimum Gasteiger partial charge on any atom is -0.282 e. The van der Waals surface area contributed by atoms with E-state index in [1.165, 1.54) is 4.90 Å². The Balaban J connectivity index is -0.000000478. The summed E-state index contributed by atoms with van der Waals surface area (Å²) < 4.78 is 0. The molecule has 0 radical (unpaired) electrons. The van der Waals surface area contributed by atoms with Crippen LogP contribution in [0, 0.1) is 0 Å². The van der Waals surface area contributed by atoms with E-state index in [2.05, 4.69) is 6.92 Å². The van der Waals surface area contributed by atoms with Crippen molar-refractivity contribution in [3.05, 3.63) is 0 Å². The molecule has 1 saturated heterocycles. The fourth-order valence-corrected chi connectivity index (χ4v) is 2.67. The smallest absolute Gasteiger partial charge is 0.242 e. The summed E-state index contributed by atoms with van der Waals surface area (Å²) >= 11 is 1.58. The van der Waals surface area contributed by atoms with Gasteiger partial charge in [0.05, 0.1) is 5.25 Å². The molecule has 0 aromatic heterocycles. The van der Waals surface area contributed by atoms with Crippen molar-refractivity contribution in [3.8, 4) is 0 Å². The molecule has 1 atom stereocenters. The van der Waals surface area contributed by atoms with Crippen LogP contribution in [0.1, 0.15) is 81.1 Å². The third kappa shape index (κ3) is 10.8. The van der Waals surface area contributed by atoms with E-state index in [0.717, 1.165) is 25.0 Å². The Hall–Kier alpha value is -0.510. The SMILES string of the molecule is CC.CC.CC.CCCCCN1C(=O)CC(SCC)C1=O. The van der Waals surface area contributed by atoms with Crippen LogP contribution in [0.15, 0.2) is 0 Å². The minimum atomic E-state index is -0.107. The summed E-state index contributed by atoms with van der Waals surface area (Å²) in [6.07, 6.45) is 3.55. The Bertz CT molecular complexity index is 245. The van der Waals surface area contributed by atoms with Gasteiger partial charge in [-0.25, -0.2) is 0 Å². The fraction of sp³-hybridized carbons (Fsp3) is 0.882. The number of imide groups is 1. The summed E-state index contributed by atoms with van der Waals surface area (Å²) in [6, 6.07) is 0. The zero-order chi connectivity index (χ0) is 17.3. The number of nitrogens with zero attached hydrogens (tertiary/aromatic N) is 1. The lowest BCUT2D eigenvalue weighted by Crippen LogP contribution is -2.32. The number of unbranched alkanes of at least 4 members (excludes halogenated alkanes) is 2. The first-order valence-electron chi connectivity index (χ1n) is 8.66. The van der Waals surface area contributed by atoms with Crippen LogP contribution >= 0.6 is 11.8 Å². The summed E-state index contributed by atoms with van der Waals surface area (Å²) in [6.45, 7) is 16.7. The molecule has 128 valence electrons. The second-order valence-electron chi connectivity index (χ2n) is 3.74. The van der Waals surface area contributed by atoms with Gasteiger partial charge in [0.1, 0.15) is 0 Å². The maximum atomic E-state index is 11.8. The molecule has 0 aromatic carbocycles. The Morgan fingerprint density at radius 1 is 1.00 bits per heavy atom. The maximum absolute atomic E-state index is 11.8. The van der Waals surface area contributed by atoms with Gasteiger partial charge in [0, 0.05) is 13.0 Å². The molecule has 0 saturated carbocycles. The van der Waals surface area contributed by atoms with Crippen LogP contribution in [0.5, 0.6) is 0 Å². The average Bonchev–Trinajstić information content (AvgIpc) is 2.81. The highest BCUT2D eigenvalue weighted by molar-refractivity contribution is 8.00. The minimum absolute atomic E-state index is 0.0158. The largest absolute Gasteiger partial charge is 0.282 e. The highest BCUT2D eigenvalue weighted by Gasteiger charge is 2.37. The van der Waals surface area contributed by atoms with Gasteiger partial charge in [0.2, 0.25) is 11.8 Å². The van der Waals surface area contributed by atoms with Gasteiger partial charge in [0.15, 0.2) is 0 Å². The second kappa shape index (κ2) is 19.5. The van der Waals surface area contributed by atoms with Gasteiger partial charge in [-0.3, -0.25) is 14.5 Å². The molecular weight excluding hydrogens is 282 g/mol. The standard InChI is InChI=1S/C11H19NO2S.3C2H6/c1-3-5-6-7-12-10(13)8-9(11(12)14)15-4-2;3*1-2/h9H,3-8H2,1-2H3;3*1-2H3. The van der Waals surface area contributed by atoms with Crippen LogP contribution in [0.25, 0.3) is 0 Å². The number of likely N-dealkylation sites (tertiary alicyclic amines) is 1. The first kappa shape index (κ1) is 25.4. The molecule has 21 heavy (non-hydrogen) atoms. The van der Waals surface area contributed by atoms with E-state index in [9.17, 15) is 9.59 Å². The number of carbonyl (C=O) groups is 2. The van der Waals surface area contributed by atoms with Crippen molar-refractivity contribution in [1.82, 2.24) is 4.90 Å². The van der Waals surface area contributed by atoms with Gasteiger partial charge < -0.3 is 0 Å². The van der Waals surface area contributed by atoms with Crippen LogP contribution in [-0.2, 0) is 9.59 Å². The van der Waals surface area contributed by atoms with E-state index in [0.29, 0.717) is 13.0 Å². The number of rotatable bonds is 6. The highest BCUT2D eigenvalue weighted by Crippen LogP contribution is 2.25. The van der Waals surface area contributed by atoms with E-state index in [4.69, 9.17) is 0 Å². The van der Waals surface area contributed by atoms with Crippen molar-refractivity contribution >= 4 is 23.6 Å². The van der Waals surface area contributed by atoms with Gasteiger partial charge in [0.25, 0.3) is 0 Å². The third-order valence-corrected chi connectivity index (χ3v) is 3.66. The Morgan fingerprint density at radius 2 is 1.52 bits per heavy atom. The van der Waals surface area contributed by atoms with Crippen molar-refractivity contribution in [3.63, 3.8) is 0 Å². The van der Waals surface area contributed by atoms with Crippen molar-refractivity contribution in [2.45, 2.75) is 86.3 Å². The lowest BCUT2D eigenvalue weighted by atomic mass is 10.2. The monoisotopic (exact) mass is 319 g/mol. The van der Waals surface area contributed by atoms with Gasteiger partial charge in [-0.2, -0.15) is 0 Å². The van der Waals surface area contributed by atoms with Crippen LogP contribution in [0.2, 0.25) is 0 Å². The zero-order valence-corrected chi connectivity index (χ0v) is 16.3. The quantitative estimate of drug-likeness (QED) is 0.503. The molecule has 2 amide bonds.